The van der Waals surface area contributed by atoms with E-state index in [4.69, 9.17) is 5.11 Å². The number of carboxylic acids is 2. The van der Waals surface area contributed by atoms with Crippen molar-refractivity contribution in [3.63, 3.8) is 0 Å². The predicted molar refractivity (Wildman–Crippen MR) is 81.8 cm³/mol. The van der Waals surface area contributed by atoms with Crippen LogP contribution >= 0.6 is 0 Å². The first kappa shape index (κ1) is 14.3. The number of nitrogens with zero attached hydrogens (tertiary/aromatic N) is 2. The Balaban J connectivity index is 2.14. The molecule has 1 aliphatic rings. The van der Waals surface area contributed by atoms with Crippen molar-refractivity contribution in [1.82, 2.24) is 5.01 Å². The van der Waals surface area contributed by atoms with Gasteiger partial charge in [0.05, 0.1) is 5.69 Å². The molecular weight excluding hydrogens is 284 g/mol. The third-order valence-electron chi connectivity index (χ3n) is 3.83. The standard InChI is InChI=1S/C16H16N2O4/c19-14(20)9-17-8-7-12-6-5-11-3-1-2-4-13(11)16(12)18(17)10-15(21)22/h1-6H,7-10H2,(H,19,20)(H,21,22). The number of hydrogen-bond acceptors (Lipinski definition) is 4. The van der Waals surface area contributed by atoms with Crippen LogP contribution in [-0.2, 0) is 16.0 Å². The molecule has 0 aliphatic carbocycles. The Morgan fingerprint density at radius 1 is 1.00 bits per heavy atom. The molecule has 114 valence electrons. The zero-order valence-electron chi connectivity index (χ0n) is 11.9. The zero-order valence-corrected chi connectivity index (χ0v) is 11.9. The van der Waals surface area contributed by atoms with E-state index in [1.54, 1.807) is 10.0 Å². The molecule has 3 rings (SSSR count). The lowest BCUT2D eigenvalue weighted by molar-refractivity contribution is -0.140. The molecule has 0 aromatic heterocycles. The molecule has 2 N–H and O–H groups in total. The molecule has 6 heteroatoms. The summed E-state index contributed by atoms with van der Waals surface area (Å²) in [7, 11) is 0. The second-order valence-electron chi connectivity index (χ2n) is 5.28. The molecule has 1 aliphatic heterocycles. The lowest BCUT2D eigenvalue weighted by atomic mass is 9.99. The van der Waals surface area contributed by atoms with Gasteiger partial charge in [0.2, 0.25) is 0 Å². The number of aliphatic carboxylic acids is 2. The van der Waals surface area contributed by atoms with Gasteiger partial charge in [-0.05, 0) is 17.4 Å². The summed E-state index contributed by atoms with van der Waals surface area (Å²) < 4.78 is 0. The van der Waals surface area contributed by atoms with Crippen LogP contribution < -0.4 is 5.01 Å². The van der Waals surface area contributed by atoms with Crippen LogP contribution in [0.2, 0.25) is 0 Å². The van der Waals surface area contributed by atoms with Gasteiger partial charge in [0.1, 0.15) is 13.1 Å². The molecule has 0 bridgehead atoms. The third-order valence-corrected chi connectivity index (χ3v) is 3.83. The largest absolute Gasteiger partial charge is 0.480 e. The highest BCUT2D eigenvalue weighted by Gasteiger charge is 2.28. The lowest BCUT2D eigenvalue weighted by Gasteiger charge is -2.40. The van der Waals surface area contributed by atoms with Crippen molar-refractivity contribution < 1.29 is 19.8 Å². The number of hydrazine groups is 1. The van der Waals surface area contributed by atoms with Gasteiger partial charge in [0.15, 0.2) is 0 Å². The van der Waals surface area contributed by atoms with Crippen molar-refractivity contribution in [1.29, 1.82) is 0 Å². The van der Waals surface area contributed by atoms with Crippen LogP contribution in [0.1, 0.15) is 5.56 Å². The molecule has 0 unspecified atom stereocenters. The molecule has 0 atom stereocenters. The average Bonchev–Trinajstić information content (AvgIpc) is 2.48. The molecule has 22 heavy (non-hydrogen) atoms. The molecule has 0 saturated carbocycles. The maximum atomic E-state index is 11.2. The topological polar surface area (TPSA) is 81.1 Å². The van der Waals surface area contributed by atoms with Gasteiger partial charge in [-0.2, -0.15) is 0 Å². The molecule has 0 amide bonds. The van der Waals surface area contributed by atoms with Crippen LogP contribution in [0.3, 0.4) is 0 Å². The summed E-state index contributed by atoms with van der Waals surface area (Å²) in [6.45, 7) is 0.0230. The van der Waals surface area contributed by atoms with Gasteiger partial charge in [-0.1, -0.05) is 36.4 Å². The summed E-state index contributed by atoms with van der Waals surface area (Å²) in [5, 5.41) is 23.4. The van der Waals surface area contributed by atoms with Gasteiger partial charge in [-0.25, -0.2) is 5.01 Å². The van der Waals surface area contributed by atoms with E-state index in [0.717, 1.165) is 22.0 Å². The number of benzene rings is 2. The van der Waals surface area contributed by atoms with E-state index in [2.05, 4.69) is 0 Å². The number of carbonyl (C=O) groups is 2. The van der Waals surface area contributed by atoms with Crippen LogP contribution in [0.4, 0.5) is 5.69 Å². The van der Waals surface area contributed by atoms with Crippen molar-refractivity contribution >= 4 is 28.4 Å². The Labute approximate surface area is 127 Å². The number of rotatable bonds is 4. The number of hydrogen-bond donors (Lipinski definition) is 2. The predicted octanol–water partition coefficient (Wildman–Crippen LogP) is 1.59. The monoisotopic (exact) mass is 300 g/mol. The minimum Gasteiger partial charge on any atom is -0.480 e. The summed E-state index contributed by atoms with van der Waals surface area (Å²) in [6.07, 6.45) is 0.698. The number of carboxylic acid groups (broad SMARTS) is 2. The number of anilines is 1. The fourth-order valence-electron chi connectivity index (χ4n) is 2.95. The highest BCUT2D eigenvalue weighted by molar-refractivity contribution is 5.97. The molecule has 2 aromatic carbocycles. The maximum Gasteiger partial charge on any atom is 0.324 e. The quantitative estimate of drug-likeness (QED) is 0.892. The van der Waals surface area contributed by atoms with E-state index in [0.29, 0.717) is 13.0 Å². The number of fused-ring (bicyclic) bond motifs is 3. The smallest absolute Gasteiger partial charge is 0.324 e. The van der Waals surface area contributed by atoms with E-state index in [-0.39, 0.29) is 13.1 Å². The van der Waals surface area contributed by atoms with E-state index >= 15 is 0 Å². The summed E-state index contributed by atoms with van der Waals surface area (Å²) in [6, 6.07) is 11.7. The van der Waals surface area contributed by atoms with Gasteiger partial charge in [0.25, 0.3) is 0 Å². The molecule has 0 radical (unpaired) electrons. The molecule has 0 fully saturated rings. The molecule has 2 aromatic rings. The Hall–Kier alpha value is -2.60. The summed E-state index contributed by atoms with van der Waals surface area (Å²) in [4.78, 5) is 22.3. The van der Waals surface area contributed by atoms with Crippen LogP contribution in [0.5, 0.6) is 0 Å². The molecular formula is C16H16N2O4. The first-order valence-electron chi connectivity index (χ1n) is 7.03. The van der Waals surface area contributed by atoms with E-state index in [1.807, 2.05) is 36.4 Å². The Morgan fingerprint density at radius 3 is 2.45 bits per heavy atom. The highest BCUT2D eigenvalue weighted by Crippen LogP contribution is 2.35. The van der Waals surface area contributed by atoms with Gasteiger partial charge in [-0.15, -0.1) is 0 Å². The van der Waals surface area contributed by atoms with Crippen molar-refractivity contribution in [2.75, 3.05) is 24.6 Å². The molecule has 0 saturated heterocycles. The minimum atomic E-state index is -0.990. The second-order valence-corrected chi connectivity index (χ2v) is 5.28. The van der Waals surface area contributed by atoms with Gasteiger partial charge in [-0.3, -0.25) is 14.6 Å². The normalized spacial score (nSPS) is 14.8. The zero-order chi connectivity index (χ0) is 15.7. The van der Waals surface area contributed by atoms with Crippen LogP contribution in [0.15, 0.2) is 36.4 Å². The lowest BCUT2D eigenvalue weighted by Crippen LogP contribution is -2.51. The summed E-state index contributed by atoms with van der Waals surface area (Å²) in [5.74, 6) is -1.96. The Bertz CT molecular complexity index is 744. The van der Waals surface area contributed by atoms with E-state index in [1.165, 1.54) is 0 Å². The Morgan fingerprint density at radius 2 is 1.73 bits per heavy atom. The van der Waals surface area contributed by atoms with Crippen LogP contribution in [0.25, 0.3) is 10.8 Å². The fourth-order valence-corrected chi connectivity index (χ4v) is 2.95. The SMILES string of the molecule is O=C(O)CN1CCc2ccc3ccccc3c2N1CC(=O)O. The van der Waals surface area contributed by atoms with Gasteiger partial charge < -0.3 is 10.2 Å². The van der Waals surface area contributed by atoms with Crippen molar-refractivity contribution in [3.8, 4) is 0 Å². The minimum absolute atomic E-state index is 0.212. The highest BCUT2D eigenvalue weighted by atomic mass is 16.4. The summed E-state index contributed by atoms with van der Waals surface area (Å²) >= 11 is 0. The average molecular weight is 300 g/mol. The molecule has 6 nitrogen and oxygen atoms in total. The first-order chi connectivity index (χ1) is 10.6. The van der Waals surface area contributed by atoms with Crippen LogP contribution in [0, 0.1) is 0 Å². The molecule has 1 heterocycles. The summed E-state index contributed by atoms with van der Waals surface area (Å²) in [5.41, 5.74) is 1.84. The molecule has 0 spiro atoms. The van der Waals surface area contributed by atoms with E-state index < -0.39 is 11.9 Å². The van der Waals surface area contributed by atoms with Gasteiger partial charge in [0, 0.05) is 11.9 Å². The maximum absolute atomic E-state index is 11.2. The Kier molecular flexibility index (Phi) is 3.68. The third kappa shape index (κ3) is 2.60. The van der Waals surface area contributed by atoms with Crippen LogP contribution in [-0.4, -0.2) is 46.8 Å². The fraction of sp³-hybridized carbons (Fsp3) is 0.250. The van der Waals surface area contributed by atoms with Crippen molar-refractivity contribution in [3.05, 3.63) is 42.0 Å². The second kappa shape index (κ2) is 5.65. The van der Waals surface area contributed by atoms with E-state index in [9.17, 15) is 14.7 Å². The van der Waals surface area contributed by atoms with Crippen molar-refractivity contribution in [2.45, 2.75) is 6.42 Å². The van der Waals surface area contributed by atoms with Gasteiger partial charge >= 0.3 is 11.9 Å². The first-order valence-corrected chi connectivity index (χ1v) is 7.03. The van der Waals surface area contributed by atoms with Crippen molar-refractivity contribution in [2.24, 2.45) is 0 Å².